The highest BCUT2D eigenvalue weighted by Crippen LogP contribution is 2.02. The highest BCUT2D eigenvalue weighted by molar-refractivity contribution is 5.86. The van der Waals surface area contributed by atoms with Gasteiger partial charge in [0.25, 0.3) is 0 Å². The number of unbranched alkanes of at least 4 members (excludes halogenated alkanes) is 1. The number of aryl methyl sites for hydroxylation is 1. The van der Waals surface area contributed by atoms with Gasteiger partial charge in [0.05, 0.1) is 6.61 Å². The van der Waals surface area contributed by atoms with Gasteiger partial charge in [-0.05, 0) is 31.1 Å². The predicted molar refractivity (Wildman–Crippen MR) is 63.9 cm³/mol. The Morgan fingerprint density at radius 3 is 2.94 bits per heavy atom. The van der Waals surface area contributed by atoms with Gasteiger partial charge in [-0.2, -0.15) is 0 Å². The molecule has 1 rings (SSSR count). The van der Waals surface area contributed by atoms with Crippen LogP contribution in [0.15, 0.2) is 24.4 Å². The number of ether oxygens (including phenoxy) is 1. The summed E-state index contributed by atoms with van der Waals surface area (Å²) in [4.78, 5) is 15.4. The lowest BCUT2D eigenvalue weighted by atomic mass is 10.2. The summed E-state index contributed by atoms with van der Waals surface area (Å²) in [7, 11) is 0. The van der Waals surface area contributed by atoms with Crippen molar-refractivity contribution in [2.75, 3.05) is 6.61 Å². The van der Waals surface area contributed by atoms with Gasteiger partial charge >= 0.3 is 5.97 Å². The molecule has 0 saturated heterocycles. The van der Waals surface area contributed by atoms with E-state index in [0.29, 0.717) is 6.61 Å². The first kappa shape index (κ1) is 12.4. The van der Waals surface area contributed by atoms with Crippen LogP contribution in [0.4, 0.5) is 0 Å². The molecule has 0 atom stereocenters. The molecule has 0 spiro atoms. The molecule has 1 heterocycles. The molecule has 0 amide bonds. The summed E-state index contributed by atoms with van der Waals surface area (Å²) in [5.74, 6) is -0.297. The zero-order valence-electron chi connectivity index (χ0n) is 9.77. The molecule has 86 valence electrons. The minimum atomic E-state index is -0.297. The first-order valence-electron chi connectivity index (χ1n) is 5.50. The molecule has 0 unspecified atom stereocenters. The maximum atomic E-state index is 11.2. The Bertz CT molecular complexity index is 355. The standard InChI is InChI=1S/C13H17NO2/c1-3-4-9-16-13(15)8-7-12-6-5-11(2)14-10-12/h5-8,10H,3-4,9H2,1-2H3/b8-7+. The molecule has 1 aromatic rings. The molecular weight excluding hydrogens is 202 g/mol. The van der Waals surface area contributed by atoms with E-state index >= 15 is 0 Å². The fourth-order valence-corrected chi connectivity index (χ4v) is 1.11. The zero-order valence-corrected chi connectivity index (χ0v) is 9.77. The van der Waals surface area contributed by atoms with Crippen LogP contribution in [-0.4, -0.2) is 17.6 Å². The lowest BCUT2D eigenvalue weighted by Gasteiger charge is -1.99. The van der Waals surface area contributed by atoms with Crippen molar-refractivity contribution in [2.45, 2.75) is 26.7 Å². The van der Waals surface area contributed by atoms with E-state index < -0.39 is 0 Å². The Kier molecular flexibility index (Phi) is 5.26. The van der Waals surface area contributed by atoms with Gasteiger partial charge in [0.15, 0.2) is 0 Å². The van der Waals surface area contributed by atoms with Gasteiger partial charge in [-0.15, -0.1) is 0 Å². The van der Waals surface area contributed by atoms with Crippen molar-refractivity contribution in [1.29, 1.82) is 0 Å². The van der Waals surface area contributed by atoms with Gasteiger partial charge < -0.3 is 4.74 Å². The topological polar surface area (TPSA) is 39.2 Å². The van der Waals surface area contributed by atoms with Crippen LogP contribution in [0.5, 0.6) is 0 Å². The smallest absolute Gasteiger partial charge is 0.330 e. The third-order valence-corrected chi connectivity index (χ3v) is 2.09. The van der Waals surface area contributed by atoms with Gasteiger partial charge in [0, 0.05) is 18.0 Å². The fraction of sp³-hybridized carbons (Fsp3) is 0.385. The number of carbonyl (C=O) groups excluding carboxylic acids is 1. The first-order chi connectivity index (χ1) is 7.72. The Hall–Kier alpha value is -1.64. The molecule has 0 bridgehead atoms. The van der Waals surface area contributed by atoms with Crippen molar-refractivity contribution < 1.29 is 9.53 Å². The van der Waals surface area contributed by atoms with Crippen LogP contribution < -0.4 is 0 Å². The zero-order chi connectivity index (χ0) is 11.8. The molecule has 0 aliphatic heterocycles. The van der Waals surface area contributed by atoms with E-state index in [1.807, 2.05) is 19.1 Å². The monoisotopic (exact) mass is 219 g/mol. The van der Waals surface area contributed by atoms with Gasteiger partial charge in [0.2, 0.25) is 0 Å². The minimum Gasteiger partial charge on any atom is -0.463 e. The maximum absolute atomic E-state index is 11.2. The number of hydrogen-bond acceptors (Lipinski definition) is 3. The normalized spacial score (nSPS) is 10.6. The Morgan fingerprint density at radius 1 is 1.50 bits per heavy atom. The van der Waals surface area contributed by atoms with E-state index in [0.717, 1.165) is 24.1 Å². The summed E-state index contributed by atoms with van der Waals surface area (Å²) < 4.78 is 4.98. The molecule has 3 heteroatoms. The maximum Gasteiger partial charge on any atom is 0.330 e. The molecule has 0 N–H and O–H groups in total. The minimum absolute atomic E-state index is 0.297. The van der Waals surface area contributed by atoms with Gasteiger partial charge in [-0.1, -0.05) is 19.4 Å². The van der Waals surface area contributed by atoms with Crippen molar-refractivity contribution in [1.82, 2.24) is 4.98 Å². The summed E-state index contributed by atoms with van der Waals surface area (Å²) in [6.07, 6.45) is 6.80. The number of esters is 1. The molecule has 16 heavy (non-hydrogen) atoms. The first-order valence-corrected chi connectivity index (χ1v) is 5.50. The van der Waals surface area contributed by atoms with Crippen LogP contribution in [0.25, 0.3) is 6.08 Å². The number of hydrogen-bond donors (Lipinski definition) is 0. The van der Waals surface area contributed by atoms with Gasteiger partial charge in [-0.25, -0.2) is 4.79 Å². The number of rotatable bonds is 5. The predicted octanol–water partition coefficient (Wildman–Crippen LogP) is 2.75. The lowest BCUT2D eigenvalue weighted by Crippen LogP contribution is -2.01. The van der Waals surface area contributed by atoms with Crippen LogP contribution in [0, 0.1) is 6.92 Å². The van der Waals surface area contributed by atoms with Gasteiger partial charge in [0.1, 0.15) is 0 Å². The largest absolute Gasteiger partial charge is 0.463 e. The third kappa shape index (κ3) is 4.73. The van der Waals surface area contributed by atoms with Crippen LogP contribution in [0.2, 0.25) is 0 Å². The summed E-state index contributed by atoms with van der Waals surface area (Å²) >= 11 is 0. The van der Waals surface area contributed by atoms with Crippen molar-refractivity contribution >= 4 is 12.0 Å². The van der Waals surface area contributed by atoms with E-state index in [2.05, 4.69) is 11.9 Å². The van der Waals surface area contributed by atoms with Crippen molar-refractivity contribution in [2.24, 2.45) is 0 Å². The Labute approximate surface area is 96.2 Å². The van der Waals surface area contributed by atoms with Gasteiger partial charge in [-0.3, -0.25) is 4.98 Å². The van der Waals surface area contributed by atoms with Crippen LogP contribution in [-0.2, 0) is 9.53 Å². The fourth-order valence-electron chi connectivity index (χ4n) is 1.11. The van der Waals surface area contributed by atoms with E-state index in [4.69, 9.17) is 4.74 Å². The Morgan fingerprint density at radius 2 is 2.31 bits per heavy atom. The average Bonchev–Trinajstić information content (AvgIpc) is 2.29. The third-order valence-electron chi connectivity index (χ3n) is 2.09. The molecular formula is C13H17NO2. The molecule has 0 aliphatic rings. The summed E-state index contributed by atoms with van der Waals surface area (Å²) in [5, 5.41) is 0. The average molecular weight is 219 g/mol. The van der Waals surface area contributed by atoms with Crippen LogP contribution in [0.3, 0.4) is 0 Å². The van der Waals surface area contributed by atoms with Crippen molar-refractivity contribution in [3.05, 3.63) is 35.7 Å². The molecule has 0 fully saturated rings. The summed E-state index contributed by atoms with van der Waals surface area (Å²) in [6, 6.07) is 3.82. The van der Waals surface area contributed by atoms with E-state index in [1.165, 1.54) is 6.08 Å². The molecule has 0 saturated carbocycles. The summed E-state index contributed by atoms with van der Waals surface area (Å²) in [6.45, 7) is 4.47. The number of aromatic nitrogens is 1. The lowest BCUT2D eigenvalue weighted by molar-refractivity contribution is -0.137. The highest BCUT2D eigenvalue weighted by Gasteiger charge is 1.95. The summed E-state index contributed by atoms with van der Waals surface area (Å²) in [5.41, 5.74) is 1.86. The quantitative estimate of drug-likeness (QED) is 0.434. The van der Waals surface area contributed by atoms with Crippen molar-refractivity contribution in [3.8, 4) is 0 Å². The second kappa shape index (κ2) is 6.77. The second-order valence-corrected chi connectivity index (χ2v) is 3.59. The number of pyridine rings is 1. The molecule has 3 nitrogen and oxygen atoms in total. The van der Waals surface area contributed by atoms with E-state index in [9.17, 15) is 4.79 Å². The molecule has 1 aromatic heterocycles. The SMILES string of the molecule is CCCCOC(=O)/C=C/c1ccc(C)nc1. The Balaban J connectivity index is 2.41. The highest BCUT2D eigenvalue weighted by atomic mass is 16.5. The van der Waals surface area contributed by atoms with Crippen LogP contribution >= 0.6 is 0 Å². The van der Waals surface area contributed by atoms with E-state index in [-0.39, 0.29) is 5.97 Å². The molecule has 0 aromatic carbocycles. The molecule has 0 radical (unpaired) electrons. The number of nitrogens with zero attached hydrogens (tertiary/aromatic N) is 1. The molecule has 0 aliphatic carbocycles. The number of carbonyl (C=O) groups is 1. The van der Waals surface area contributed by atoms with E-state index in [1.54, 1.807) is 12.3 Å². The second-order valence-electron chi connectivity index (χ2n) is 3.59. The van der Waals surface area contributed by atoms with Crippen LogP contribution in [0.1, 0.15) is 31.0 Å². The van der Waals surface area contributed by atoms with Crippen molar-refractivity contribution in [3.63, 3.8) is 0 Å².